The Morgan fingerprint density at radius 1 is 1.31 bits per heavy atom. The molecule has 0 radical (unpaired) electrons. The Bertz CT molecular complexity index is 959. The van der Waals surface area contributed by atoms with Crippen LogP contribution in [0.2, 0.25) is 0 Å². The molecule has 3 aromatic rings. The topological polar surface area (TPSA) is 90.4 Å². The molecule has 0 aliphatic heterocycles. The van der Waals surface area contributed by atoms with Crippen molar-refractivity contribution in [1.29, 1.82) is 0 Å². The first-order valence-corrected chi connectivity index (χ1v) is 8.35. The third-order valence-corrected chi connectivity index (χ3v) is 3.94. The summed E-state index contributed by atoms with van der Waals surface area (Å²) in [5.74, 6) is 1.17. The fraction of sp³-hybridized carbons (Fsp3) is 0.316. The van der Waals surface area contributed by atoms with Crippen LogP contribution in [0.5, 0.6) is 11.5 Å². The molecule has 0 atom stereocenters. The largest absolute Gasteiger partial charge is 0.502 e. The quantitative estimate of drug-likeness (QED) is 0.731. The second-order valence-corrected chi connectivity index (χ2v) is 6.49. The number of hydrogen-bond acceptors (Lipinski definition) is 6. The van der Waals surface area contributed by atoms with Gasteiger partial charge in [0.15, 0.2) is 5.75 Å². The average molecular weight is 355 g/mol. The summed E-state index contributed by atoms with van der Waals surface area (Å²) in [6, 6.07) is 7.41. The van der Waals surface area contributed by atoms with Crippen molar-refractivity contribution in [2.75, 3.05) is 0 Å². The SMILES string of the molecule is Cc1ccc(C(C)C)c(OCc2cn(Cc3cc(=O)c(O)co3)nn2)c1. The first-order chi connectivity index (χ1) is 12.4. The number of nitrogens with zero attached hydrogens (tertiary/aromatic N) is 3. The number of aryl methyl sites for hydroxylation is 1. The lowest BCUT2D eigenvalue weighted by atomic mass is 10.0. The van der Waals surface area contributed by atoms with Crippen LogP contribution in [-0.2, 0) is 13.2 Å². The lowest BCUT2D eigenvalue weighted by Gasteiger charge is -2.14. The van der Waals surface area contributed by atoms with Gasteiger partial charge in [-0.25, -0.2) is 4.68 Å². The van der Waals surface area contributed by atoms with E-state index in [0.29, 0.717) is 24.0 Å². The van der Waals surface area contributed by atoms with Gasteiger partial charge in [-0.15, -0.1) is 5.10 Å². The summed E-state index contributed by atoms with van der Waals surface area (Å²) >= 11 is 0. The summed E-state index contributed by atoms with van der Waals surface area (Å²) < 4.78 is 12.7. The van der Waals surface area contributed by atoms with Gasteiger partial charge in [0.2, 0.25) is 5.43 Å². The van der Waals surface area contributed by atoms with Crippen molar-refractivity contribution in [3.05, 3.63) is 69.5 Å². The minimum atomic E-state index is -0.490. The Morgan fingerprint density at radius 2 is 2.12 bits per heavy atom. The molecular weight excluding hydrogens is 334 g/mol. The predicted octanol–water partition coefficient (Wildman–Crippen LogP) is 3.00. The molecule has 2 heterocycles. The molecule has 7 nitrogen and oxygen atoms in total. The second kappa shape index (κ2) is 7.43. The molecule has 26 heavy (non-hydrogen) atoms. The molecule has 0 unspecified atom stereocenters. The van der Waals surface area contributed by atoms with Crippen molar-refractivity contribution in [3.63, 3.8) is 0 Å². The third-order valence-electron chi connectivity index (χ3n) is 3.94. The smallest absolute Gasteiger partial charge is 0.226 e. The van der Waals surface area contributed by atoms with E-state index in [1.165, 1.54) is 6.07 Å². The van der Waals surface area contributed by atoms with Gasteiger partial charge in [-0.3, -0.25) is 4.79 Å². The lowest BCUT2D eigenvalue weighted by molar-refractivity contribution is 0.296. The van der Waals surface area contributed by atoms with Crippen molar-refractivity contribution < 1.29 is 14.3 Å². The van der Waals surface area contributed by atoms with Crippen molar-refractivity contribution in [3.8, 4) is 11.5 Å². The number of ether oxygens (including phenoxy) is 1. The van der Waals surface area contributed by atoms with E-state index < -0.39 is 11.2 Å². The molecule has 3 rings (SSSR count). The van der Waals surface area contributed by atoms with Crippen molar-refractivity contribution in [1.82, 2.24) is 15.0 Å². The fourth-order valence-electron chi connectivity index (χ4n) is 2.56. The fourth-order valence-corrected chi connectivity index (χ4v) is 2.56. The molecule has 7 heteroatoms. The number of hydrogen-bond donors (Lipinski definition) is 1. The molecular formula is C19H21N3O4. The van der Waals surface area contributed by atoms with Gasteiger partial charge in [-0.05, 0) is 30.0 Å². The molecule has 0 aliphatic rings. The van der Waals surface area contributed by atoms with Crippen LogP contribution in [0.15, 0.2) is 45.9 Å². The van der Waals surface area contributed by atoms with Gasteiger partial charge in [0.05, 0.1) is 6.20 Å². The average Bonchev–Trinajstić information content (AvgIpc) is 3.03. The zero-order valence-electron chi connectivity index (χ0n) is 15.0. The van der Waals surface area contributed by atoms with E-state index in [0.717, 1.165) is 23.1 Å². The van der Waals surface area contributed by atoms with E-state index in [9.17, 15) is 9.90 Å². The standard InChI is InChI=1S/C19H21N3O4/c1-12(2)16-5-4-13(3)6-19(16)26-10-14-8-22(21-20-14)9-15-7-17(23)18(24)11-25-15/h4-8,11-12,24H,9-10H2,1-3H3. The van der Waals surface area contributed by atoms with E-state index in [2.05, 4.69) is 36.3 Å². The summed E-state index contributed by atoms with van der Waals surface area (Å²) in [7, 11) is 0. The first-order valence-electron chi connectivity index (χ1n) is 8.35. The van der Waals surface area contributed by atoms with Crippen LogP contribution in [0.25, 0.3) is 0 Å². The van der Waals surface area contributed by atoms with Gasteiger partial charge in [0.25, 0.3) is 0 Å². The monoisotopic (exact) mass is 355 g/mol. The summed E-state index contributed by atoms with van der Waals surface area (Å²) in [6.07, 6.45) is 2.75. The second-order valence-electron chi connectivity index (χ2n) is 6.49. The minimum absolute atomic E-state index is 0.240. The Balaban J connectivity index is 1.68. The van der Waals surface area contributed by atoms with Gasteiger partial charge in [-0.2, -0.15) is 0 Å². The highest BCUT2D eigenvalue weighted by atomic mass is 16.5. The van der Waals surface area contributed by atoms with Gasteiger partial charge in [0, 0.05) is 6.07 Å². The van der Waals surface area contributed by atoms with Crippen molar-refractivity contribution >= 4 is 0 Å². The van der Waals surface area contributed by atoms with Crippen LogP contribution in [0.3, 0.4) is 0 Å². The van der Waals surface area contributed by atoms with E-state index >= 15 is 0 Å². The highest BCUT2D eigenvalue weighted by molar-refractivity contribution is 5.39. The summed E-state index contributed by atoms with van der Waals surface area (Å²) in [6.45, 7) is 6.81. The van der Waals surface area contributed by atoms with Crippen LogP contribution < -0.4 is 10.2 Å². The molecule has 0 saturated carbocycles. The highest BCUT2D eigenvalue weighted by Gasteiger charge is 2.10. The zero-order valence-corrected chi connectivity index (χ0v) is 15.0. The maximum Gasteiger partial charge on any atom is 0.226 e. The molecule has 0 bridgehead atoms. The van der Waals surface area contributed by atoms with Gasteiger partial charge >= 0.3 is 0 Å². The molecule has 1 aromatic carbocycles. The minimum Gasteiger partial charge on any atom is -0.502 e. The number of benzene rings is 1. The Kier molecular flexibility index (Phi) is 5.06. The summed E-state index contributed by atoms with van der Waals surface area (Å²) in [5, 5.41) is 17.3. The van der Waals surface area contributed by atoms with Crippen LogP contribution in [-0.4, -0.2) is 20.1 Å². The Morgan fingerprint density at radius 3 is 2.85 bits per heavy atom. The maximum atomic E-state index is 11.4. The summed E-state index contributed by atoms with van der Waals surface area (Å²) in [5.41, 5.74) is 2.46. The third kappa shape index (κ3) is 4.11. The van der Waals surface area contributed by atoms with Gasteiger partial charge in [-0.1, -0.05) is 31.2 Å². The maximum absolute atomic E-state index is 11.4. The molecule has 1 N–H and O–H groups in total. The number of rotatable bonds is 6. The predicted molar refractivity (Wildman–Crippen MR) is 95.4 cm³/mol. The van der Waals surface area contributed by atoms with Gasteiger partial charge < -0.3 is 14.3 Å². The van der Waals surface area contributed by atoms with E-state index in [1.807, 2.05) is 13.0 Å². The number of aromatic nitrogens is 3. The Labute approximate surface area is 150 Å². The van der Waals surface area contributed by atoms with Crippen LogP contribution in [0.1, 0.15) is 42.3 Å². The molecule has 136 valence electrons. The molecule has 0 fully saturated rings. The van der Waals surface area contributed by atoms with E-state index in [-0.39, 0.29) is 6.54 Å². The molecule has 2 aromatic heterocycles. The molecule has 0 amide bonds. The van der Waals surface area contributed by atoms with E-state index in [4.69, 9.17) is 9.15 Å². The zero-order chi connectivity index (χ0) is 18.7. The Hall–Kier alpha value is -3.09. The molecule has 0 saturated heterocycles. The summed E-state index contributed by atoms with van der Waals surface area (Å²) in [4.78, 5) is 11.4. The van der Waals surface area contributed by atoms with Crippen molar-refractivity contribution in [2.45, 2.75) is 39.8 Å². The van der Waals surface area contributed by atoms with Crippen LogP contribution >= 0.6 is 0 Å². The highest BCUT2D eigenvalue weighted by Crippen LogP contribution is 2.28. The van der Waals surface area contributed by atoms with Crippen LogP contribution in [0, 0.1) is 6.92 Å². The van der Waals surface area contributed by atoms with Crippen molar-refractivity contribution in [2.24, 2.45) is 0 Å². The van der Waals surface area contributed by atoms with Gasteiger partial charge in [0.1, 0.15) is 36.6 Å². The van der Waals surface area contributed by atoms with Crippen LogP contribution in [0.4, 0.5) is 0 Å². The first kappa shape index (κ1) is 17.7. The van der Waals surface area contributed by atoms with E-state index in [1.54, 1.807) is 10.9 Å². The molecule has 0 aliphatic carbocycles. The number of aromatic hydroxyl groups is 1. The lowest BCUT2D eigenvalue weighted by Crippen LogP contribution is -2.05. The normalized spacial score (nSPS) is 11.1. The molecule has 0 spiro atoms.